The van der Waals surface area contributed by atoms with Gasteiger partial charge in [0.15, 0.2) is 0 Å². The van der Waals surface area contributed by atoms with Gasteiger partial charge in [-0.05, 0) is 48.4 Å². The van der Waals surface area contributed by atoms with Crippen LogP contribution in [0.25, 0.3) is 0 Å². The molecule has 146 valence electrons. The lowest BCUT2D eigenvalue weighted by Gasteiger charge is -2.12. The molecule has 1 heterocycles. The van der Waals surface area contributed by atoms with Crippen molar-refractivity contribution in [3.05, 3.63) is 76.9 Å². The third-order valence-electron chi connectivity index (χ3n) is 4.18. The van der Waals surface area contributed by atoms with Crippen LogP contribution in [0.5, 0.6) is 5.75 Å². The second-order valence-corrected chi connectivity index (χ2v) is 6.22. The zero-order chi connectivity index (χ0) is 20.3. The van der Waals surface area contributed by atoms with Gasteiger partial charge in [0.05, 0.1) is 11.8 Å². The highest BCUT2D eigenvalue weighted by Gasteiger charge is 2.23. The molecular formula is C20H18F3N3O2. The first-order chi connectivity index (χ1) is 13.3. The average Bonchev–Trinajstić information content (AvgIpc) is 3.04. The molecule has 3 rings (SSSR count). The van der Waals surface area contributed by atoms with Gasteiger partial charge in [-0.3, -0.25) is 9.48 Å². The molecule has 0 spiro atoms. The predicted molar refractivity (Wildman–Crippen MR) is 98.0 cm³/mol. The van der Waals surface area contributed by atoms with Crippen LogP contribution in [0, 0.1) is 12.7 Å². The Morgan fingerprint density at radius 3 is 2.71 bits per heavy atom. The Labute approximate surface area is 159 Å². The van der Waals surface area contributed by atoms with Gasteiger partial charge in [0.1, 0.15) is 23.9 Å². The van der Waals surface area contributed by atoms with Gasteiger partial charge in [-0.2, -0.15) is 5.10 Å². The number of benzene rings is 2. The van der Waals surface area contributed by atoms with Crippen LogP contribution < -0.4 is 10.1 Å². The number of halogens is 3. The van der Waals surface area contributed by atoms with Crippen LogP contribution in [0.1, 0.15) is 33.6 Å². The molecule has 5 nitrogen and oxygen atoms in total. The maximum atomic E-state index is 13.2. The van der Waals surface area contributed by atoms with Crippen molar-refractivity contribution < 1.29 is 22.7 Å². The van der Waals surface area contributed by atoms with Gasteiger partial charge >= 0.3 is 0 Å². The van der Waals surface area contributed by atoms with Crippen molar-refractivity contribution in [3.8, 4) is 5.75 Å². The number of nitrogens with zero attached hydrogens (tertiary/aromatic N) is 2. The summed E-state index contributed by atoms with van der Waals surface area (Å²) in [6.45, 7) is 1.94. The molecule has 1 N–H and O–H groups in total. The summed E-state index contributed by atoms with van der Waals surface area (Å²) in [5, 5.41) is 6.34. The molecule has 0 radical (unpaired) electrons. The Bertz CT molecular complexity index is 1000. The molecule has 2 aromatic carbocycles. The van der Waals surface area contributed by atoms with E-state index in [9.17, 15) is 18.0 Å². The zero-order valence-corrected chi connectivity index (χ0v) is 15.2. The predicted octanol–water partition coefficient (Wildman–Crippen LogP) is 4.64. The molecule has 0 unspecified atom stereocenters. The van der Waals surface area contributed by atoms with Gasteiger partial charge in [-0.1, -0.05) is 12.1 Å². The fourth-order valence-corrected chi connectivity index (χ4v) is 2.73. The van der Waals surface area contributed by atoms with E-state index < -0.39 is 18.0 Å². The molecule has 3 aromatic rings. The summed E-state index contributed by atoms with van der Waals surface area (Å²) in [7, 11) is 1.36. The van der Waals surface area contributed by atoms with Crippen molar-refractivity contribution in [1.82, 2.24) is 9.78 Å². The largest absolute Gasteiger partial charge is 0.489 e. The second-order valence-electron chi connectivity index (χ2n) is 6.22. The molecular weight excluding hydrogens is 371 g/mol. The maximum absolute atomic E-state index is 13.2. The fourth-order valence-electron chi connectivity index (χ4n) is 2.73. The number of ether oxygens (including phenoxy) is 1. The van der Waals surface area contributed by atoms with Crippen molar-refractivity contribution in [2.24, 2.45) is 7.05 Å². The van der Waals surface area contributed by atoms with Crippen LogP contribution in [-0.2, 0) is 13.7 Å². The van der Waals surface area contributed by atoms with E-state index in [1.807, 2.05) is 0 Å². The van der Waals surface area contributed by atoms with E-state index in [0.29, 0.717) is 22.6 Å². The molecule has 1 amide bonds. The smallest absolute Gasteiger partial charge is 0.280 e. The number of aryl methyl sites for hydroxylation is 2. The van der Waals surface area contributed by atoms with Crippen molar-refractivity contribution >= 4 is 11.6 Å². The van der Waals surface area contributed by atoms with Crippen LogP contribution in [0.15, 0.2) is 48.7 Å². The molecule has 8 heteroatoms. The number of hydrogen-bond acceptors (Lipinski definition) is 3. The van der Waals surface area contributed by atoms with Crippen molar-refractivity contribution in [3.63, 3.8) is 0 Å². The molecule has 28 heavy (non-hydrogen) atoms. The maximum Gasteiger partial charge on any atom is 0.280 e. The van der Waals surface area contributed by atoms with Crippen molar-refractivity contribution in [2.45, 2.75) is 20.0 Å². The monoisotopic (exact) mass is 389 g/mol. The van der Waals surface area contributed by atoms with E-state index in [2.05, 4.69) is 10.4 Å². The number of hydrogen-bond donors (Lipinski definition) is 1. The van der Waals surface area contributed by atoms with Crippen LogP contribution >= 0.6 is 0 Å². The zero-order valence-electron chi connectivity index (χ0n) is 15.2. The minimum atomic E-state index is -2.81. The summed E-state index contributed by atoms with van der Waals surface area (Å²) in [4.78, 5) is 12.4. The standard InChI is InChI=1S/C20H18F3N3O2/c1-12-8-15(28-11-13-4-3-5-14(21)9-13)6-7-17(12)25-20(27)16-10-24-26(2)18(16)19(22)23/h3-10,19H,11H2,1-2H3,(H,25,27). The van der Waals surface area contributed by atoms with Gasteiger partial charge in [0.2, 0.25) is 0 Å². The molecule has 0 atom stereocenters. The highest BCUT2D eigenvalue weighted by atomic mass is 19.3. The normalized spacial score (nSPS) is 10.9. The Kier molecular flexibility index (Phi) is 5.67. The number of rotatable bonds is 6. The van der Waals surface area contributed by atoms with E-state index in [-0.39, 0.29) is 18.0 Å². The quantitative estimate of drug-likeness (QED) is 0.668. The Hall–Kier alpha value is -3.29. The van der Waals surface area contributed by atoms with Crippen LogP contribution in [-0.4, -0.2) is 15.7 Å². The molecule has 0 aliphatic heterocycles. The summed E-state index contributed by atoms with van der Waals surface area (Å²) in [6, 6.07) is 11.0. The molecule has 0 saturated carbocycles. The Morgan fingerprint density at radius 2 is 2.04 bits per heavy atom. The molecule has 0 aliphatic carbocycles. The second kappa shape index (κ2) is 8.16. The van der Waals surface area contributed by atoms with Crippen LogP contribution in [0.4, 0.5) is 18.9 Å². The lowest BCUT2D eigenvalue weighted by Crippen LogP contribution is -2.15. The lowest BCUT2D eigenvalue weighted by molar-refractivity contribution is 0.100. The third-order valence-corrected chi connectivity index (χ3v) is 4.18. The summed E-state index contributed by atoms with van der Waals surface area (Å²) < 4.78 is 46.1. The number of aromatic nitrogens is 2. The van der Waals surface area contributed by atoms with Gasteiger partial charge < -0.3 is 10.1 Å². The molecule has 0 fully saturated rings. The van der Waals surface area contributed by atoms with E-state index in [0.717, 1.165) is 10.9 Å². The van der Waals surface area contributed by atoms with Gasteiger partial charge in [-0.25, -0.2) is 13.2 Å². The van der Waals surface area contributed by atoms with E-state index >= 15 is 0 Å². The number of alkyl halides is 2. The molecule has 0 bridgehead atoms. The number of carbonyl (C=O) groups excluding carboxylic acids is 1. The Balaban J connectivity index is 1.70. The molecule has 1 aromatic heterocycles. The minimum Gasteiger partial charge on any atom is -0.489 e. The van der Waals surface area contributed by atoms with Crippen LogP contribution in [0.3, 0.4) is 0 Å². The van der Waals surface area contributed by atoms with E-state index in [1.54, 1.807) is 37.3 Å². The lowest BCUT2D eigenvalue weighted by atomic mass is 10.1. The first kappa shape index (κ1) is 19.5. The van der Waals surface area contributed by atoms with E-state index in [1.165, 1.54) is 19.2 Å². The van der Waals surface area contributed by atoms with Crippen molar-refractivity contribution in [2.75, 3.05) is 5.32 Å². The number of anilines is 1. The summed E-state index contributed by atoms with van der Waals surface area (Å²) in [6.07, 6.45) is -1.70. The van der Waals surface area contributed by atoms with Crippen LogP contribution in [0.2, 0.25) is 0 Å². The number of nitrogens with one attached hydrogen (secondary N) is 1. The Morgan fingerprint density at radius 1 is 1.25 bits per heavy atom. The number of amides is 1. The summed E-state index contributed by atoms with van der Waals surface area (Å²) in [5.74, 6) is -0.469. The highest BCUT2D eigenvalue weighted by Crippen LogP contribution is 2.26. The third kappa shape index (κ3) is 4.33. The van der Waals surface area contributed by atoms with Gasteiger partial charge in [-0.15, -0.1) is 0 Å². The molecule has 0 aliphatic rings. The first-order valence-electron chi connectivity index (χ1n) is 8.44. The SMILES string of the molecule is Cc1cc(OCc2cccc(F)c2)ccc1NC(=O)c1cnn(C)c1C(F)F. The van der Waals surface area contributed by atoms with E-state index in [4.69, 9.17) is 4.74 Å². The number of carbonyl (C=O) groups is 1. The van der Waals surface area contributed by atoms with Gasteiger partial charge in [0.25, 0.3) is 12.3 Å². The van der Waals surface area contributed by atoms with Crippen molar-refractivity contribution in [1.29, 1.82) is 0 Å². The summed E-state index contributed by atoms with van der Waals surface area (Å²) in [5.41, 5.74) is 1.22. The molecule has 0 saturated heterocycles. The average molecular weight is 389 g/mol. The first-order valence-corrected chi connectivity index (χ1v) is 8.44. The summed E-state index contributed by atoms with van der Waals surface area (Å²) >= 11 is 0. The fraction of sp³-hybridized carbons (Fsp3) is 0.200. The minimum absolute atomic E-state index is 0.177. The van der Waals surface area contributed by atoms with Gasteiger partial charge in [0, 0.05) is 12.7 Å². The topological polar surface area (TPSA) is 56.1 Å². The highest BCUT2D eigenvalue weighted by molar-refractivity contribution is 6.05.